The highest BCUT2D eigenvalue weighted by atomic mass is 16.5. The summed E-state index contributed by atoms with van der Waals surface area (Å²) < 4.78 is 5.74. The van der Waals surface area contributed by atoms with Crippen LogP contribution in [-0.4, -0.2) is 32.0 Å². The monoisotopic (exact) mass is 264 g/mol. The Kier molecular flexibility index (Phi) is 6.60. The second kappa shape index (κ2) is 8.26. The van der Waals surface area contributed by atoms with Gasteiger partial charge in [0.1, 0.15) is 6.79 Å². The lowest BCUT2D eigenvalue weighted by molar-refractivity contribution is -0.0980. The van der Waals surface area contributed by atoms with Gasteiger partial charge in [0.25, 0.3) is 0 Å². The van der Waals surface area contributed by atoms with E-state index in [2.05, 4.69) is 22.8 Å². The number of benzene rings is 1. The predicted molar refractivity (Wildman–Crippen MR) is 72.8 cm³/mol. The van der Waals surface area contributed by atoms with Crippen LogP contribution in [0.5, 0.6) is 0 Å². The fourth-order valence-electron chi connectivity index (χ4n) is 1.87. The lowest BCUT2D eigenvalue weighted by Crippen LogP contribution is -2.50. The molecule has 1 fully saturated rings. The third-order valence-corrected chi connectivity index (χ3v) is 2.99. The summed E-state index contributed by atoms with van der Waals surface area (Å²) in [4.78, 5) is 19.0. The molecule has 1 aliphatic carbocycles. The summed E-state index contributed by atoms with van der Waals surface area (Å²) in [6.07, 6.45) is 2.08. The highest BCUT2D eigenvalue weighted by Gasteiger charge is 2.30. The van der Waals surface area contributed by atoms with Crippen LogP contribution in [0.3, 0.4) is 0 Å². The molecule has 1 aliphatic rings. The van der Waals surface area contributed by atoms with E-state index in [1.54, 1.807) is 7.05 Å². The number of hydrogen-bond donors (Lipinski definition) is 2. The molecule has 2 N–H and O–H groups in total. The zero-order valence-electron chi connectivity index (χ0n) is 11.1. The molecule has 2 rings (SSSR count). The van der Waals surface area contributed by atoms with Gasteiger partial charge in [0.15, 0.2) is 0 Å². The Morgan fingerprint density at radius 1 is 1.32 bits per heavy atom. The van der Waals surface area contributed by atoms with Crippen molar-refractivity contribution in [2.45, 2.75) is 31.6 Å². The molecule has 104 valence electrons. The Bertz CT molecular complexity index is 378. The number of urea groups is 1. The molecule has 5 heteroatoms. The van der Waals surface area contributed by atoms with Gasteiger partial charge in [0.2, 0.25) is 0 Å². The molecular weight excluding hydrogens is 244 g/mol. The number of carbonyl (C=O) groups is 2. The van der Waals surface area contributed by atoms with E-state index in [1.807, 2.05) is 25.0 Å². The van der Waals surface area contributed by atoms with Crippen molar-refractivity contribution in [3.05, 3.63) is 35.9 Å². The van der Waals surface area contributed by atoms with Gasteiger partial charge in [-0.1, -0.05) is 30.3 Å². The van der Waals surface area contributed by atoms with Gasteiger partial charge in [-0.15, -0.1) is 0 Å². The number of amides is 2. The zero-order chi connectivity index (χ0) is 14.1. The van der Waals surface area contributed by atoms with E-state index >= 15 is 0 Å². The quantitative estimate of drug-likeness (QED) is 0.865. The first-order valence-electron chi connectivity index (χ1n) is 6.20. The summed E-state index contributed by atoms with van der Waals surface area (Å²) in [5.41, 5.74) is 1.19. The highest BCUT2D eigenvalue weighted by Crippen LogP contribution is 2.24. The van der Waals surface area contributed by atoms with Crippen LogP contribution in [0, 0.1) is 0 Å². The number of ether oxygens (including phenoxy) is 1. The Balaban J connectivity index is 0.000000861. The van der Waals surface area contributed by atoms with Gasteiger partial charge in [-0.05, 0) is 18.4 Å². The van der Waals surface area contributed by atoms with Crippen molar-refractivity contribution in [3.63, 3.8) is 0 Å². The molecule has 19 heavy (non-hydrogen) atoms. The molecule has 0 spiro atoms. The predicted octanol–water partition coefficient (Wildman–Crippen LogP) is 1.48. The molecule has 0 radical (unpaired) electrons. The van der Waals surface area contributed by atoms with Crippen LogP contribution in [0.1, 0.15) is 18.4 Å². The van der Waals surface area contributed by atoms with Crippen molar-refractivity contribution in [1.29, 1.82) is 0 Å². The zero-order valence-corrected chi connectivity index (χ0v) is 11.1. The summed E-state index contributed by atoms with van der Waals surface area (Å²) in [5, 5.41) is 5.41. The van der Waals surface area contributed by atoms with Crippen molar-refractivity contribution in [1.82, 2.24) is 10.6 Å². The maximum Gasteiger partial charge on any atom is 0.314 e. The molecule has 0 heterocycles. The summed E-state index contributed by atoms with van der Waals surface area (Å²) in [7, 11) is 1.62. The van der Waals surface area contributed by atoms with Gasteiger partial charge in [-0.2, -0.15) is 0 Å². The molecule has 2 amide bonds. The Morgan fingerprint density at radius 2 is 1.95 bits per heavy atom. The van der Waals surface area contributed by atoms with Gasteiger partial charge in [0, 0.05) is 13.1 Å². The standard InChI is InChI=1S/C13H18N2O2.CH2O/c1-14-13(16)15-11-7-12(8-11)17-9-10-5-3-2-4-6-10;1-2/h2-6,11-12H,7-9H2,1H3,(H2,14,15,16);1H2. The Hall–Kier alpha value is -1.88. The van der Waals surface area contributed by atoms with E-state index in [9.17, 15) is 4.79 Å². The Morgan fingerprint density at radius 3 is 2.53 bits per heavy atom. The van der Waals surface area contributed by atoms with Crippen molar-refractivity contribution in [2.24, 2.45) is 0 Å². The minimum absolute atomic E-state index is 0.114. The summed E-state index contributed by atoms with van der Waals surface area (Å²) in [6, 6.07) is 10.3. The lowest BCUT2D eigenvalue weighted by atomic mass is 9.89. The third-order valence-electron chi connectivity index (χ3n) is 2.99. The number of nitrogens with one attached hydrogen (secondary N) is 2. The van der Waals surface area contributed by atoms with E-state index in [4.69, 9.17) is 9.53 Å². The van der Waals surface area contributed by atoms with Crippen LogP contribution < -0.4 is 10.6 Å². The average Bonchev–Trinajstić information content (AvgIpc) is 2.44. The largest absolute Gasteiger partial charge is 0.373 e. The van der Waals surface area contributed by atoms with Crippen molar-refractivity contribution < 1.29 is 14.3 Å². The van der Waals surface area contributed by atoms with Gasteiger partial charge in [-0.25, -0.2) is 4.79 Å². The molecule has 0 aliphatic heterocycles. The number of carbonyl (C=O) groups excluding carboxylic acids is 2. The minimum atomic E-state index is -0.114. The van der Waals surface area contributed by atoms with Crippen LogP contribution >= 0.6 is 0 Å². The SMILES string of the molecule is C=O.CNC(=O)NC1CC(OCc2ccccc2)C1. The first-order chi connectivity index (χ1) is 9.28. The smallest absolute Gasteiger partial charge is 0.314 e. The molecule has 1 aromatic carbocycles. The van der Waals surface area contributed by atoms with Gasteiger partial charge in [0.05, 0.1) is 12.7 Å². The first kappa shape index (κ1) is 15.2. The molecule has 0 bridgehead atoms. The van der Waals surface area contributed by atoms with E-state index in [1.165, 1.54) is 5.56 Å². The number of hydrogen-bond acceptors (Lipinski definition) is 3. The van der Waals surface area contributed by atoms with E-state index in [0.29, 0.717) is 6.61 Å². The number of rotatable bonds is 4. The van der Waals surface area contributed by atoms with Crippen molar-refractivity contribution in [3.8, 4) is 0 Å². The summed E-state index contributed by atoms with van der Waals surface area (Å²) >= 11 is 0. The fraction of sp³-hybridized carbons (Fsp3) is 0.429. The molecule has 5 nitrogen and oxygen atoms in total. The summed E-state index contributed by atoms with van der Waals surface area (Å²) in [5.74, 6) is 0. The lowest BCUT2D eigenvalue weighted by Gasteiger charge is -2.35. The van der Waals surface area contributed by atoms with Crippen LogP contribution in [0.25, 0.3) is 0 Å². The highest BCUT2D eigenvalue weighted by molar-refractivity contribution is 5.73. The third kappa shape index (κ3) is 5.09. The average molecular weight is 264 g/mol. The molecule has 1 aromatic rings. The Labute approximate surface area is 113 Å². The van der Waals surface area contributed by atoms with Crippen LogP contribution in [0.15, 0.2) is 30.3 Å². The maximum absolute atomic E-state index is 11.0. The van der Waals surface area contributed by atoms with Gasteiger partial charge >= 0.3 is 6.03 Å². The molecule has 0 atom stereocenters. The van der Waals surface area contributed by atoms with Crippen molar-refractivity contribution >= 4 is 12.8 Å². The maximum atomic E-state index is 11.0. The minimum Gasteiger partial charge on any atom is -0.373 e. The van der Waals surface area contributed by atoms with E-state index in [0.717, 1.165) is 12.8 Å². The van der Waals surface area contributed by atoms with E-state index in [-0.39, 0.29) is 18.2 Å². The second-order valence-corrected chi connectivity index (χ2v) is 4.31. The molecule has 1 saturated carbocycles. The first-order valence-corrected chi connectivity index (χ1v) is 6.20. The van der Waals surface area contributed by atoms with Crippen LogP contribution in [0.2, 0.25) is 0 Å². The molecule has 0 aromatic heterocycles. The molecule has 0 unspecified atom stereocenters. The summed E-state index contributed by atoms with van der Waals surface area (Å²) in [6.45, 7) is 2.65. The fourth-order valence-corrected chi connectivity index (χ4v) is 1.87. The van der Waals surface area contributed by atoms with Gasteiger partial charge < -0.3 is 20.2 Å². The molecule has 0 saturated heterocycles. The molecular formula is C14H20N2O3. The van der Waals surface area contributed by atoms with Crippen LogP contribution in [0.4, 0.5) is 4.79 Å². The normalized spacial score (nSPS) is 20.5. The topological polar surface area (TPSA) is 67.4 Å². The van der Waals surface area contributed by atoms with Gasteiger partial charge in [-0.3, -0.25) is 0 Å². The van der Waals surface area contributed by atoms with E-state index < -0.39 is 0 Å². The van der Waals surface area contributed by atoms with Crippen LogP contribution in [-0.2, 0) is 16.1 Å². The van der Waals surface area contributed by atoms with Crippen molar-refractivity contribution in [2.75, 3.05) is 7.05 Å². The second-order valence-electron chi connectivity index (χ2n) is 4.31.